The van der Waals surface area contributed by atoms with Crippen LogP contribution in [0.4, 0.5) is 8.78 Å². The molecule has 0 aromatic carbocycles. The number of rotatable bonds is 1. The monoisotopic (exact) mass is 375 g/mol. The molecule has 0 saturated carbocycles. The van der Waals surface area contributed by atoms with Gasteiger partial charge in [-0.2, -0.15) is 8.78 Å². The van der Waals surface area contributed by atoms with E-state index in [1.54, 1.807) is 0 Å². The minimum absolute atomic E-state index is 1.00. The van der Waals surface area contributed by atoms with Gasteiger partial charge in [-0.1, -0.05) is 0 Å². The summed E-state index contributed by atoms with van der Waals surface area (Å²) in [5.41, 5.74) is 0. The normalized spacial score (nSPS) is 10.1. The molecule has 0 aromatic rings. The van der Waals surface area contributed by atoms with E-state index in [4.69, 9.17) is 24.7 Å². The van der Waals surface area contributed by atoms with Gasteiger partial charge in [-0.05, 0) is 0 Å². The van der Waals surface area contributed by atoms with E-state index in [1.807, 2.05) is 0 Å². The third-order valence-corrected chi connectivity index (χ3v) is 0.155. The maximum Gasteiger partial charge on any atom is 0.401 e. The number of halogens is 2. The number of hydrogen-bond acceptors (Lipinski definition) is 5. The van der Waals surface area contributed by atoms with Crippen LogP contribution in [-0.2, 0) is 9.59 Å². The molecule has 11 heteroatoms. The summed E-state index contributed by atoms with van der Waals surface area (Å²) in [6.07, 6.45) is 0. The molecule has 0 spiro atoms. The first-order valence-corrected chi connectivity index (χ1v) is 7.11. The molecule has 0 N–H and O–H groups in total. The SMILES string of the molecule is C[N+](C)(C)C.C[N+](C)(C)C.C[N+](C)(C)C.O=C(F)C(=O)F.[O-]B([O-])[O-]. The van der Waals surface area contributed by atoms with Crippen LogP contribution in [0.1, 0.15) is 0 Å². The van der Waals surface area contributed by atoms with Crippen molar-refractivity contribution in [1.82, 2.24) is 0 Å². The van der Waals surface area contributed by atoms with Crippen LogP contribution in [0.25, 0.3) is 0 Å². The minimum atomic E-state index is -2.92. The molecule has 0 rings (SSSR count). The van der Waals surface area contributed by atoms with E-state index in [0.29, 0.717) is 0 Å². The van der Waals surface area contributed by atoms with Crippen LogP contribution in [0.5, 0.6) is 0 Å². The third-order valence-electron chi connectivity index (χ3n) is 0.155. The average Bonchev–Trinajstić information content (AvgIpc) is 2.06. The zero-order chi connectivity index (χ0) is 22.2. The molecule has 0 amide bonds. The summed E-state index contributed by atoms with van der Waals surface area (Å²) in [7, 11) is 22.6. The van der Waals surface area contributed by atoms with Crippen LogP contribution >= 0.6 is 0 Å². The number of carbonyl (C=O) groups excluding carboxylic acids is 2. The van der Waals surface area contributed by atoms with Crippen LogP contribution in [0.2, 0.25) is 0 Å². The second kappa shape index (κ2) is 16.5. The molecule has 0 heterocycles. The number of nitrogens with zero attached hydrogens (tertiary/aromatic N) is 3. The Labute approximate surface area is 151 Å². The fourth-order valence-electron chi connectivity index (χ4n) is 0. The maximum absolute atomic E-state index is 10.5. The lowest BCUT2D eigenvalue weighted by molar-refractivity contribution is -0.849. The highest BCUT2D eigenvalue weighted by Crippen LogP contribution is 1.75. The molecule has 0 unspecified atom stereocenters. The fourth-order valence-corrected chi connectivity index (χ4v) is 0. The third kappa shape index (κ3) is 1110. The number of quaternary nitrogens is 3. The molecule has 0 aliphatic rings. The van der Waals surface area contributed by atoms with E-state index in [2.05, 4.69) is 84.6 Å². The number of carbonyl (C=O) groups is 2. The Hall–Kier alpha value is -0.975. The van der Waals surface area contributed by atoms with Crippen LogP contribution in [0, 0.1) is 0 Å². The molecule has 0 fully saturated rings. The second-order valence-corrected chi connectivity index (χ2v) is 8.89. The zero-order valence-electron chi connectivity index (χ0n) is 17.7. The quantitative estimate of drug-likeness (QED) is 0.210. The first-order chi connectivity index (χ1) is 10.4. The Kier molecular flexibility index (Phi) is 23.2. The Balaban J connectivity index is -0.0000000671. The van der Waals surface area contributed by atoms with E-state index in [1.165, 1.54) is 0 Å². The van der Waals surface area contributed by atoms with Crippen molar-refractivity contribution in [1.29, 1.82) is 0 Å². The first-order valence-electron chi connectivity index (χ1n) is 7.11. The van der Waals surface area contributed by atoms with E-state index < -0.39 is 19.4 Å². The topological polar surface area (TPSA) is 103 Å². The van der Waals surface area contributed by atoms with Gasteiger partial charge in [-0.15, -0.1) is 0 Å². The summed E-state index contributed by atoms with van der Waals surface area (Å²) < 4.78 is 23.9. The molecule has 0 bridgehead atoms. The summed E-state index contributed by atoms with van der Waals surface area (Å²) in [5, 5.41) is 25.2. The second-order valence-electron chi connectivity index (χ2n) is 8.89. The Morgan fingerprint density at radius 3 is 0.600 bits per heavy atom. The van der Waals surface area contributed by atoms with Crippen molar-refractivity contribution in [3.63, 3.8) is 0 Å². The Bertz CT molecular complexity index is 278. The highest BCUT2D eigenvalue weighted by atomic mass is 19.2. The molecule has 0 aromatic heterocycles. The molecule has 154 valence electrons. The van der Waals surface area contributed by atoms with Crippen molar-refractivity contribution >= 4 is 19.4 Å². The van der Waals surface area contributed by atoms with Gasteiger partial charge in [0.1, 0.15) is 0 Å². The Morgan fingerprint density at radius 1 is 0.560 bits per heavy atom. The minimum Gasteiger partial charge on any atom is -0.907 e. The van der Waals surface area contributed by atoms with Crippen LogP contribution in [-0.4, -0.2) is 117 Å². The largest absolute Gasteiger partial charge is 0.907 e. The van der Waals surface area contributed by atoms with Crippen molar-refractivity contribution < 1.29 is 46.9 Å². The molecule has 0 radical (unpaired) electrons. The van der Waals surface area contributed by atoms with Crippen LogP contribution in [0.3, 0.4) is 0 Å². The number of hydrogen-bond donors (Lipinski definition) is 0. The zero-order valence-corrected chi connectivity index (χ0v) is 17.7. The lowest BCUT2D eigenvalue weighted by Gasteiger charge is -2.35. The van der Waals surface area contributed by atoms with Gasteiger partial charge in [0.2, 0.25) is 0 Å². The van der Waals surface area contributed by atoms with Crippen molar-refractivity contribution in [2.45, 2.75) is 0 Å². The summed E-state index contributed by atoms with van der Waals surface area (Å²) in [4.78, 5) is 17.5. The summed E-state index contributed by atoms with van der Waals surface area (Å²) >= 11 is 0. The highest BCUT2D eigenvalue weighted by molar-refractivity contribution is 6.28. The van der Waals surface area contributed by atoms with Gasteiger partial charge in [0.05, 0.1) is 84.6 Å². The van der Waals surface area contributed by atoms with Gasteiger partial charge in [0, 0.05) is 0 Å². The fraction of sp³-hybridized carbons (Fsp3) is 0.857. The predicted octanol–water partition coefficient (Wildman–Crippen LogP) is -3.00. The first kappa shape index (κ1) is 35.2. The summed E-state index contributed by atoms with van der Waals surface area (Å²) in [6, 6.07) is -5.09. The molecule has 8 nitrogen and oxygen atoms in total. The maximum atomic E-state index is 10.5. The van der Waals surface area contributed by atoms with E-state index in [9.17, 15) is 8.78 Å². The van der Waals surface area contributed by atoms with Crippen molar-refractivity contribution in [2.75, 3.05) is 84.6 Å². The van der Waals surface area contributed by atoms with Crippen LogP contribution < -0.4 is 15.1 Å². The van der Waals surface area contributed by atoms with Crippen molar-refractivity contribution in [3.8, 4) is 0 Å². The lowest BCUT2D eigenvalue weighted by atomic mass is 10.3. The molecular formula is C14H36BF2N3O5. The molecule has 0 atom stereocenters. The smallest absolute Gasteiger partial charge is 0.401 e. The molecule has 0 saturated heterocycles. The van der Waals surface area contributed by atoms with Crippen LogP contribution in [0.15, 0.2) is 0 Å². The molecule has 25 heavy (non-hydrogen) atoms. The molecular weight excluding hydrogens is 339 g/mol. The summed E-state index contributed by atoms with van der Waals surface area (Å²) in [5.74, 6) is 0. The Morgan fingerprint density at radius 2 is 0.600 bits per heavy atom. The van der Waals surface area contributed by atoms with Gasteiger partial charge in [-0.25, -0.2) is 9.59 Å². The van der Waals surface area contributed by atoms with Crippen molar-refractivity contribution in [3.05, 3.63) is 0 Å². The lowest BCUT2D eigenvalue weighted by Crippen LogP contribution is -2.56. The van der Waals surface area contributed by atoms with Gasteiger partial charge >= 0.3 is 12.1 Å². The predicted molar refractivity (Wildman–Crippen MR) is 89.9 cm³/mol. The van der Waals surface area contributed by atoms with Gasteiger partial charge in [-0.3, -0.25) is 7.32 Å². The molecule has 0 aliphatic heterocycles. The standard InChI is InChI=1S/3C4H12N.C2F2O2.BO3/c3*1-5(2,3)4;3-1(5)2(4)6;2-1(3)4/h3*1-4H3;;/q3*+1;;-3. The van der Waals surface area contributed by atoms with E-state index in [0.717, 1.165) is 13.4 Å². The van der Waals surface area contributed by atoms with Gasteiger partial charge in [0.25, 0.3) is 0 Å². The summed E-state index contributed by atoms with van der Waals surface area (Å²) in [6.45, 7) is 0. The van der Waals surface area contributed by atoms with E-state index in [-0.39, 0.29) is 0 Å². The highest BCUT2D eigenvalue weighted by Gasteiger charge is 2.07. The molecule has 0 aliphatic carbocycles. The van der Waals surface area contributed by atoms with Crippen molar-refractivity contribution in [2.24, 2.45) is 0 Å². The van der Waals surface area contributed by atoms with E-state index >= 15 is 0 Å². The average molecular weight is 375 g/mol. The van der Waals surface area contributed by atoms with Gasteiger partial charge in [0.15, 0.2) is 0 Å². The van der Waals surface area contributed by atoms with Gasteiger partial charge < -0.3 is 28.5 Å².